The molecule has 33 heavy (non-hydrogen) atoms. The maximum absolute atomic E-state index is 12.4. The van der Waals surface area contributed by atoms with Crippen molar-refractivity contribution >= 4 is 5.78 Å². The standard InChI is InChI=1S/C29H23F3O/c30-29(31,32)28(33)20-23-11-9-21(10-12-23)17-24-5-4-6-25(19-24)18-22-13-15-27(16-14-22)26-7-2-1-3-8-26/h1-16,19H,17-18,20H2. The van der Waals surface area contributed by atoms with Crippen LogP contribution in [0.2, 0.25) is 0 Å². The Morgan fingerprint density at radius 1 is 0.545 bits per heavy atom. The van der Waals surface area contributed by atoms with Crippen molar-refractivity contribution in [1.82, 2.24) is 0 Å². The Morgan fingerprint density at radius 3 is 1.58 bits per heavy atom. The van der Waals surface area contributed by atoms with Crippen LogP contribution in [0, 0.1) is 0 Å². The third kappa shape index (κ3) is 6.19. The van der Waals surface area contributed by atoms with E-state index in [0.29, 0.717) is 12.0 Å². The summed E-state index contributed by atoms with van der Waals surface area (Å²) in [5.74, 6) is -1.72. The molecule has 0 fully saturated rings. The number of hydrogen-bond acceptors (Lipinski definition) is 1. The third-order valence-corrected chi connectivity index (χ3v) is 5.57. The molecular weight excluding hydrogens is 421 g/mol. The predicted molar refractivity (Wildman–Crippen MR) is 125 cm³/mol. The molecule has 4 rings (SSSR count). The first kappa shape index (κ1) is 22.5. The van der Waals surface area contributed by atoms with Crippen LogP contribution in [0.1, 0.15) is 27.8 Å². The van der Waals surface area contributed by atoms with Gasteiger partial charge in [-0.2, -0.15) is 13.2 Å². The van der Waals surface area contributed by atoms with Crippen LogP contribution < -0.4 is 0 Å². The second-order valence-corrected chi connectivity index (χ2v) is 8.15. The average Bonchev–Trinajstić information content (AvgIpc) is 2.81. The van der Waals surface area contributed by atoms with Crippen molar-refractivity contribution in [3.8, 4) is 11.1 Å². The highest BCUT2D eigenvalue weighted by atomic mass is 19.4. The number of alkyl halides is 3. The molecule has 0 aliphatic rings. The molecule has 0 unspecified atom stereocenters. The summed E-state index contributed by atoms with van der Waals surface area (Å²) < 4.78 is 37.3. The maximum Gasteiger partial charge on any atom is 0.450 e. The monoisotopic (exact) mass is 444 g/mol. The molecule has 0 bridgehead atoms. The zero-order chi connectivity index (χ0) is 23.3. The van der Waals surface area contributed by atoms with Gasteiger partial charge >= 0.3 is 6.18 Å². The SMILES string of the molecule is O=C(Cc1ccc(Cc2cccc(Cc3ccc(-c4ccccc4)cc3)c2)cc1)C(F)(F)F. The van der Waals surface area contributed by atoms with E-state index in [0.717, 1.165) is 17.5 Å². The van der Waals surface area contributed by atoms with Crippen LogP contribution >= 0.6 is 0 Å². The van der Waals surface area contributed by atoms with Gasteiger partial charge in [0.25, 0.3) is 0 Å². The molecule has 0 radical (unpaired) electrons. The van der Waals surface area contributed by atoms with E-state index in [-0.39, 0.29) is 0 Å². The van der Waals surface area contributed by atoms with Crippen LogP contribution in [0.4, 0.5) is 13.2 Å². The molecule has 0 amide bonds. The number of hydrogen-bond donors (Lipinski definition) is 0. The first-order chi connectivity index (χ1) is 15.9. The van der Waals surface area contributed by atoms with Crippen molar-refractivity contribution in [1.29, 1.82) is 0 Å². The smallest absolute Gasteiger partial charge is 0.289 e. The highest BCUT2D eigenvalue weighted by molar-refractivity contribution is 5.86. The van der Waals surface area contributed by atoms with Gasteiger partial charge < -0.3 is 0 Å². The van der Waals surface area contributed by atoms with E-state index in [4.69, 9.17) is 0 Å². The molecule has 4 aromatic carbocycles. The second-order valence-electron chi connectivity index (χ2n) is 8.15. The van der Waals surface area contributed by atoms with Gasteiger partial charge in [0.05, 0.1) is 0 Å². The lowest BCUT2D eigenvalue weighted by atomic mass is 9.97. The van der Waals surface area contributed by atoms with Gasteiger partial charge in [0, 0.05) is 6.42 Å². The highest BCUT2D eigenvalue weighted by Gasteiger charge is 2.37. The van der Waals surface area contributed by atoms with Gasteiger partial charge in [0.15, 0.2) is 0 Å². The van der Waals surface area contributed by atoms with Crippen molar-refractivity contribution in [2.75, 3.05) is 0 Å². The molecule has 0 spiro atoms. The van der Waals surface area contributed by atoms with Crippen LogP contribution in [0.3, 0.4) is 0 Å². The van der Waals surface area contributed by atoms with Gasteiger partial charge in [0.1, 0.15) is 0 Å². The summed E-state index contributed by atoms with van der Waals surface area (Å²) in [6.45, 7) is 0. The Hall–Kier alpha value is -3.66. The van der Waals surface area contributed by atoms with E-state index < -0.39 is 18.4 Å². The number of carbonyl (C=O) groups is 1. The topological polar surface area (TPSA) is 17.1 Å². The summed E-state index contributed by atoms with van der Waals surface area (Å²) in [6, 6.07) is 33.9. The zero-order valence-electron chi connectivity index (χ0n) is 18.0. The molecule has 0 aliphatic carbocycles. The van der Waals surface area contributed by atoms with E-state index in [9.17, 15) is 18.0 Å². The maximum atomic E-state index is 12.4. The predicted octanol–water partition coefficient (Wildman–Crippen LogP) is 7.21. The van der Waals surface area contributed by atoms with Crippen molar-refractivity contribution in [3.05, 3.63) is 131 Å². The van der Waals surface area contributed by atoms with E-state index in [1.807, 2.05) is 30.3 Å². The number of halogens is 3. The molecule has 166 valence electrons. The summed E-state index contributed by atoms with van der Waals surface area (Å²) in [5, 5.41) is 0. The third-order valence-electron chi connectivity index (χ3n) is 5.57. The number of carbonyl (C=O) groups excluding carboxylic acids is 1. The van der Waals surface area contributed by atoms with E-state index >= 15 is 0 Å². The molecule has 0 atom stereocenters. The van der Waals surface area contributed by atoms with Crippen molar-refractivity contribution in [3.63, 3.8) is 0 Å². The number of benzene rings is 4. The second kappa shape index (κ2) is 9.86. The Morgan fingerprint density at radius 2 is 1.03 bits per heavy atom. The largest absolute Gasteiger partial charge is 0.450 e. The lowest BCUT2D eigenvalue weighted by Crippen LogP contribution is -2.24. The number of Topliss-reactive ketones (excluding diaryl/α,β-unsaturated/α-hetero) is 1. The van der Waals surface area contributed by atoms with Gasteiger partial charge in [-0.05, 0) is 51.8 Å². The number of rotatable bonds is 7. The van der Waals surface area contributed by atoms with Crippen LogP contribution in [0.5, 0.6) is 0 Å². The Labute approximate surface area is 191 Å². The van der Waals surface area contributed by atoms with Crippen molar-refractivity contribution in [2.45, 2.75) is 25.4 Å². The fourth-order valence-corrected chi connectivity index (χ4v) is 3.83. The normalized spacial score (nSPS) is 11.4. The fourth-order valence-electron chi connectivity index (χ4n) is 3.83. The quantitative estimate of drug-likeness (QED) is 0.294. The highest BCUT2D eigenvalue weighted by Crippen LogP contribution is 2.22. The minimum atomic E-state index is -4.79. The lowest BCUT2D eigenvalue weighted by Gasteiger charge is -2.09. The molecule has 1 nitrogen and oxygen atoms in total. The van der Waals surface area contributed by atoms with Crippen LogP contribution in [0.25, 0.3) is 11.1 Å². The molecule has 0 aliphatic heterocycles. The van der Waals surface area contributed by atoms with Crippen molar-refractivity contribution < 1.29 is 18.0 Å². The summed E-state index contributed by atoms with van der Waals surface area (Å²) in [6.07, 6.45) is -3.92. The summed E-state index contributed by atoms with van der Waals surface area (Å²) in [7, 11) is 0. The Balaban J connectivity index is 1.39. The van der Waals surface area contributed by atoms with Gasteiger partial charge in [-0.1, -0.05) is 103 Å². The summed E-state index contributed by atoms with van der Waals surface area (Å²) in [4.78, 5) is 11.2. The zero-order valence-corrected chi connectivity index (χ0v) is 18.0. The minimum absolute atomic E-state index is 0.369. The lowest BCUT2D eigenvalue weighted by molar-refractivity contribution is -0.170. The van der Waals surface area contributed by atoms with Crippen LogP contribution in [0.15, 0.2) is 103 Å². The van der Waals surface area contributed by atoms with Gasteiger partial charge in [-0.15, -0.1) is 0 Å². The fraction of sp³-hybridized carbons (Fsp3) is 0.138. The average molecular weight is 444 g/mol. The molecule has 0 heterocycles. The number of ketones is 1. The molecule has 0 saturated heterocycles. The molecule has 4 heteroatoms. The summed E-state index contributed by atoms with van der Waals surface area (Å²) in [5.41, 5.74) is 7.30. The van der Waals surface area contributed by atoms with Gasteiger partial charge in [0.2, 0.25) is 5.78 Å². The van der Waals surface area contributed by atoms with Crippen molar-refractivity contribution in [2.24, 2.45) is 0 Å². The van der Waals surface area contributed by atoms with Crippen LogP contribution in [-0.4, -0.2) is 12.0 Å². The van der Waals surface area contributed by atoms with E-state index in [1.54, 1.807) is 24.3 Å². The molecule has 0 aromatic heterocycles. The Kier molecular flexibility index (Phi) is 6.74. The van der Waals surface area contributed by atoms with Gasteiger partial charge in [-0.3, -0.25) is 4.79 Å². The molecular formula is C29H23F3O. The molecule has 4 aromatic rings. The molecule has 0 saturated carbocycles. The summed E-state index contributed by atoms with van der Waals surface area (Å²) >= 11 is 0. The van der Waals surface area contributed by atoms with Gasteiger partial charge in [-0.25, -0.2) is 0 Å². The van der Waals surface area contributed by atoms with E-state index in [1.165, 1.54) is 22.3 Å². The molecule has 0 N–H and O–H groups in total. The first-order valence-corrected chi connectivity index (χ1v) is 10.8. The van der Waals surface area contributed by atoms with E-state index in [2.05, 4.69) is 48.5 Å². The van der Waals surface area contributed by atoms with Crippen LogP contribution in [-0.2, 0) is 24.1 Å². The minimum Gasteiger partial charge on any atom is -0.289 e. The first-order valence-electron chi connectivity index (χ1n) is 10.8. The Bertz CT molecular complexity index is 1210.